The predicted molar refractivity (Wildman–Crippen MR) is 86.7 cm³/mol. The van der Waals surface area contributed by atoms with Gasteiger partial charge in [-0.2, -0.15) is 0 Å². The Morgan fingerprint density at radius 3 is 2.55 bits per heavy atom. The van der Waals surface area contributed by atoms with Gasteiger partial charge in [-0.15, -0.1) is 0 Å². The number of piperazine rings is 1. The largest absolute Gasteiger partial charge is 0.378 e. The second-order valence-corrected chi connectivity index (χ2v) is 5.55. The molecule has 2 aromatic rings. The fourth-order valence-corrected chi connectivity index (χ4v) is 2.76. The molecule has 1 aromatic carbocycles. The van der Waals surface area contributed by atoms with E-state index in [1.165, 1.54) is 5.56 Å². The Kier molecular flexibility index (Phi) is 4.98. The molecule has 1 saturated heterocycles. The molecule has 0 saturated carbocycles. The Morgan fingerprint density at radius 2 is 1.82 bits per heavy atom. The van der Waals surface area contributed by atoms with Gasteiger partial charge in [0.1, 0.15) is 12.1 Å². The Balaban J connectivity index is 1.56. The van der Waals surface area contributed by atoms with Crippen LogP contribution in [-0.4, -0.2) is 48.2 Å². The van der Waals surface area contributed by atoms with E-state index in [1.807, 2.05) is 6.07 Å². The van der Waals surface area contributed by atoms with Crippen molar-refractivity contribution in [3.05, 3.63) is 54.0 Å². The molecule has 0 spiro atoms. The highest BCUT2D eigenvalue weighted by Crippen LogP contribution is 2.15. The first-order valence-electron chi connectivity index (χ1n) is 7.66. The Hall–Kier alpha value is -1.98. The summed E-state index contributed by atoms with van der Waals surface area (Å²) in [4.78, 5) is 13.4. The minimum atomic E-state index is 0.531. The van der Waals surface area contributed by atoms with E-state index in [0.29, 0.717) is 6.61 Å². The van der Waals surface area contributed by atoms with Crippen molar-refractivity contribution < 1.29 is 4.74 Å². The zero-order chi connectivity index (χ0) is 15.2. The normalized spacial score (nSPS) is 16.0. The highest BCUT2D eigenvalue weighted by molar-refractivity contribution is 5.39. The van der Waals surface area contributed by atoms with E-state index in [-0.39, 0.29) is 0 Å². The number of rotatable bonds is 5. The van der Waals surface area contributed by atoms with E-state index in [4.69, 9.17) is 4.74 Å². The topological polar surface area (TPSA) is 41.5 Å². The van der Waals surface area contributed by atoms with Crippen molar-refractivity contribution in [3.63, 3.8) is 0 Å². The quantitative estimate of drug-likeness (QED) is 0.844. The Labute approximate surface area is 131 Å². The highest BCUT2D eigenvalue weighted by Gasteiger charge is 2.18. The summed E-state index contributed by atoms with van der Waals surface area (Å²) >= 11 is 0. The van der Waals surface area contributed by atoms with E-state index in [2.05, 4.69) is 50.1 Å². The molecular formula is C17H22N4O. The molecule has 1 aliphatic heterocycles. The molecule has 2 heterocycles. The van der Waals surface area contributed by atoms with Gasteiger partial charge in [0.2, 0.25) is 0 Å². The summed E-state index contributed by atoms with van der Waals surface area (Å²) in [5, 5.41) is 0. The van der Waals surface area contributed by atoms with Crippen LogP contribution in [0, 0.1) is 0 Å². The van der Waals surface area contributed by atoms with Crippen LogP contribution < -0.4 is 4.90 Å². The van der Waals surface area contributed by atoms with Gasteiger partial charge in [0.25, 0.3) is 0 Å². The molecule has 5 nitrogen and oxygen atoms in total. The zero-order valence-electron chi connectivity index (χ0n) is 13.0. The maximum atomic E-state index is 5.14. The fourth-order valence-electron chi connectivity index (χ4n) is 2.76. The third-order valence-electron chi connectivity index (χ3n) is 3.95. The molecule has 3 rings (SSSR count). The molecular weight excluding hydrogens is 276 g/mol. The van der Waals surface area contributed by atoms with Crippen LogP contribution in [-0.2, 0) is 17.9 Å². The minimum Gasteiger partial charge on any atom is -0.378 e. The Bertz CT molecular complexity index is 582. The molecule has 0 bridgehead atoms. The number of benzene rings is 1. The van der Waals surface area contributed by atoms with Crippen molar-refractivity contribution in [1.82, 2.24) is 14.9 Å². The fraction of sp³-hybridized carbons (Fsp3) is 0.412. The van der Waals surface area contributed by atoms with Gasteiger partial charge in [0.05, 0.1) is 12.3 Å². The van der Waals surface area contributed by atoms with Crippen LogP contribution in [0.2, 0.25) is 0 Å². The van der Waals surface area contributed by atoms with Crippen molar-refractivity contribution in [3.8, 4) is 0 Å². The van der Waals surface area contributed by atoms with Gasteiger partial charge in [-0.3, -0.25) is 4.90 Å². The maximum absolute atomic E-state index is 5.14. The number of ether oxygens (including phenoxy) is 1. The summed E-state index contributed by atoms with van der Waals surface area (Å²) < 4.78 is 5.14. The molecule has 0 aliphatic carbocycles. The molecule has 0 radical (unpaired) electrons. The van der Waals surface area contributed by atoms with Crippen molar-refractivity contribution in [2.45, 2.75) is 13.2 Å². The average Bonchev–Trinajstić information content (AvgIpc) is 2.57. The predicted octanol–water partition coefficient (Wildman–Crippen LogP) is 1.95. The number of anilines is 1. The van der Waals surface area contributed by atoms with Gasteiger partial charge in [-0.25, -0.2) is 9.97 Å². The number of hydrogen-bond donors (Lipinski definition) is 0. The summed E-state index contributed by atoms with van der Waals surface area (Å²) in [6.45, 7) is 5.65. The molecule has 0 amide bonds. The molecule has 1 aromatic heterocycles. The first-order chi connectivity index (χ1) is 10.8. The van der Waals surface area contributed by atoms with Gasteiger partial charge in [0, 0.05) is 45.9 Å². The van der Waals surface area contributed by atoms with Crippen LogP contribution in [0.25, 0.3) is 0 Å². The molecule has 0 N–H and O–H groups in total. The monoisotopic (exact) mass is 298 g/mol. The lowest BCUT2D eigenvalue weighted by Crippen LogP contribution is -2.46. The van der Waals surface area contributed by atoms with Gasteiger partial charge >= 0.3 is 0 Å². The number of nitrogens with zero attached hydrogens (tertiary/aromatic N) is 4. The first-order valence-corrected chi connectivity index (χ1v) is 7.66. The molecule has 0 unspecified atom stereocenters. The molecule has 5 heteroatoms. The SMILES string of the molecule is COCc1cc(N2CCN(Cc3ccccc3)CC2)ncn1. The number of aromatic nitrogens is 2. The van der Waals surface area contributed by atoms with Crippen molar-refractivity contribution >= 4 is 5.82 Å². The van der Waals surface area contributed by atoms with Gasteiger partial charge in [-0.05, 0) is 5.56 Å². The number of hydrogen-bond acceptors (Lipinski definition) is 5. The number of methoxy groups -OCH3 is 1. The Morgan fingerprint density at radius 1 is 1.05 bits per heavy atom. The summed E-state index contributed by atoms with van der Waals surface area (Å²) in [6, 6.07) is 12.7. The summed E-state index contributed by atoms with van der Waals surface area (Å²) in [7, 11) is 1.68. The summed E-state index contributed by atoms with van der Waals surface area (Å²) in [6.07, 6.45) is 1.63. The lowest BCUT2D eigenvalue weighted by atomic mass is 10.2. The second kappa shape index (κ2) is 7.33. The van der Waals surface area contributed by atoms with E-state index in [9.17, 15) is 0 Å². The van der Waals surface area contributed by atoms with Crippen LogP contribution in [0.5, 0.6) is 0 Å². The highest BCUT2D eigenvalue weighted by atomic mass is 16.5. The van der Waals surface area contributed by atoms with Crippen molar-refractivity contribution in [2.75, 3.05) is 38.2 Å². The van der Waals surface area contributed by atoms with Crippen LogP contribution in [0.3, 0.4) is 0 Å². The molecule has 0 atom stereocenters. The van der Waals surface area contributed by atoms with Crippen LogP contribution in [0.4, 0.5) is 5.82 Å². The minimum absolute atomic E-state index is 0.531. The van der Waals surface area contributed by atoms with Crippen LogP contribution in [0.1, 0.15) is 11.3 Å². The van der Waals surface area contributed by atoms with E-state index >= 15 is 0 Å². The van der Waals surface area contributed by atoms with E-state index < -0.39 is 0 Å². The first kappa shape index (κ1) is 14.9. The van der Waals surface area contributed by atoms with Gasteiger partial charge in [0.15, 0.2) is 0 Å². The molecule has 1 fully saturated rings. The van der Waals surface area contributed by atoms with Gasteiger partial charge < -0.3 is 9.64 Å². The van der Waals surface area contributed by atoms with Crippen molar-refractivity contribution in [1.29, 1.82) is 0 Å². The third-order valence-corrected chi connectivity index (χ3v) is 3.95. The van der Waals surface area contributed by atoms with Crippen LogP contribution >= 0.6 is 0 Å². The van der Waals surface area contributed by atoms with Crippen LogP contribution in [0.15, 0.2) is 42.7 Å². The van der Waals surface area contributed by atoms with Gasteiger partial charge in [-0.1, -0.05) is 30.3 Å². The summed E-state index contributed by atoms with van der Waals surface area (Å²) in [5.41, 5.74) is 2.31. The maximum Gasteiger partial charge on any atom is 0.132 e. The third kappa shape index (κ3) is 3.81. The molecule has 1 aliphatic rings. The zero-order valence-corrected chi connectivity index (χ0v) is 13.0. The lowest BCUT2D eigenvalue weighted by molar-refractivity contribution is 0.181. The van der Waals surface area contributed by atoms with E-state index in [0.717, 1.165) is 44.2 Å². The van der Waals surface area contributed by atoms with E-state index in [1.54, 1.807) is 13.4 Å². The average molecular weight is 298 g/mol. The summed E-state index contributed by atoms with van der Waals surface area (Å²) in [5.74, 6) is 1.00. The second-order valence-electron chi connectivity index (χ2n) is 5.55. The molecule has 116 valence electrons. The standard InChI is InChI=1S/C17H22N4O/c1-22-13-16-11-17(19-14-18-16)21-9-7-20(8-10-21)12-15-5-3-2-4-6-15/h2-6,11,14H,7-10,12-13H2,1H3. The smallest absolute Gasteiger partial charge is 0.132 e. The molecule has 22 heavy (non-hydrogen) atoms. The lowest BCUT2D eigenvalue weighted by Gasteiger charge is -2.35. The van der Waals surface area contributed by atoms with Crippen molar-refractivity contribution in [2.24, 2.45) is 0 Å².